The van der Waals surface area contributed by atoms with Crippen LogP contribution in [-0.4, -0.2) is 37.5 Å². The number of rotatable bonds is 0. The van der Waals surface area contributed by atoms with Gasteiger partial charge in [-0.05, 0) is 0 Å². The zero-order valence-electron chi connectivity index (χ0n) is 6.15. The Kier molecular flexibility index (Phi) is 0.732. The Bertz CT molecular complexity index is 119. The third-order valence-corrected chi connectivity index (χ3v) is 19.9. The van der Waals surface area contributed by atoms with Crippen molar-refractivity contribution in [2.75, 3.05) is 26.7 Å². The fourth-order valence-electron chi connectivity index (χ4n) is 3.10. The van der Waals surface area contributed by atoms with Gasteiger partial charge in [-0.3, -0.25) is 0 Å². The van der Waals surface area contributed by atoms with Crippen LogP contribution in [0.15, 0.2) is 0 Å². The van der Waals surface area contributed by atoms with Crippen molar-refractivity contribution >= 4 is 14.5 Å². The summed E-state index contributed by atoms with van der Waals surface area (Å²) in [5.74, 6) is 0. The molecular formula is C6H16P2. The van der Waals surface area contributed by atoms with E-state index in [0.717, 1.165) is 0 Å². The van der Waals surface area contributed by atoms with Crippen molar-refractivity contribution in [2.45, 2.75) is 10.8 Å². The van der Waals surface area contributed by atoms with Crippen molar-refractivity contribution in [1.82, 2.24) is 0 Å². The Morgan fingerprint density at radius 2 is 1.00 bits per heavy atom. The van der Waals surface area contributed by atoms with E-state index < -0.39 is 14.5 Å². The average Bonchev–Trinajstić information content (AvgIpc) is 2.24. The van der Waals surface area contributed by atoms with Gasteiger partial charge in [0.15, 0.2) is 0 Å². The van der Waals surface area contributed by atoms with Crippen LogP contribution in [0.4, 0.5) is 0 Å². The molecule has 8 heavy (non-hydrogen) atoms. The first kappa shape index (κ1) is 5.63. The van der Waals surface area contributed by atoms with Crippen LogP contribution in [0.1, 0.15) is 0 Å². The van der Waals surface area contributed by atoms with Gasteiger partial charge in [0.25, 0.3) is 0 Å². The zero-order chi connectivity index (χ0) is 6.15. The Labute approximate surface area is 52.7 Å². The molecule has 0 N–H and O–H groups in total. The first-order valence-electron chi connectivity index (χ1n) is 3.49. The quantitative estimate of drug-likeness (QED) is 0.461. The Hall–Kier alpha value is 0.860. The fourth-order valence-corrected chi connectivity index (χ4v) is 27.9. The molecule has 0 saturated carbocycles. The van der Waals surface area contributed by atoms with Crippen molar-refractivity contribution in [3.63, 3.8) is 0 Å². The van der Waals surface area contributed by atoms with E-state index in [1.807, 2.05) is 0 Å². The molecule has 0 amide bonds. The van der Waals surface area contributed by atoms with Gasteiger partial charge in [0.05, 0.1) is 0 Å². The molecule has 0 aliphatic carbocycles. The molecule has 0 bridgehead atoms. The molecule has 0 aromatic carbocycles. The van der Waals surface area contributed by atoms with Crippen LogP contribution in [0.3, 0.4) is 0 Å². The second-order valence-electron chi connectivity index (χ2n) is 4.60. The molecule has 0 spiro atoms. The second kappa shape index (κ2) is 1.04. The van der Waals surface area contributed by atoms with Gasteiger partial charge < -0.3 is 0 Å². The van der Waals surface area contributed by atoms with Gasteiger partial charge in [0, 0.05) is 0 Å². The summed E-state index contributed by atoms with van der Waals surface area (Å²) >= 11 is 0. The molecule has 0 aromatic heterocycles. The maximum atomic E-state index is 2.56. The molecule has 2 rings (SSSR count). The van der Waals surface area contributed by atoms with Gasteiger partial charge in [-0.25, -0.2) is 0 Å². The van der Waals surface area contributed by atoms with Crippen molar-refractivity contribution in [3.05, 3.63) is 0 Å². The summed E-state index contributed by atoms with van der Waals surface area (Å²) in [6.45, 7) is 10.2. The van der Waals surface area contributed by atoms with Crippen molar-refractivity contribution in [2.24, 2.45) is 0 Å². The minimum absolute atomic E-state index is 0.441. The van der Waals surface area contributed by atoms with Crippen LogP contribution >= 0.6 is 14.5 Å². The molecule has 50 valence electrons. The Balaban J connectivity index is 2.13. The molecule has 2 heterocycles. The maximum absolute atomic E-state index is 2.56. The SMILES string of the molecule is C[PH]1(C)C2C1[PH]2(C)C. The van der Waals surface area contributed by atoms with E-state index in [2.05, 4.69) is 26.7 Å². The molecule has 2 heteroatoms. The first-order valence-corrected chi connectivity index (χ1v) is 9.80. The number of hydrogen-bond donors (Lipinski definition) is 0. The predicted molar refractivity (Wildman–Crippen MR) is 47.9 cm³/mol. The summed E-state index contributed by atoms with van der Waals surface area (Å²) in [6, 6.07) is 0. The van der Waals surface area contributed by atoms with Gasteiger partial charge >= 0.3 is 52.0 Å². The second-order valence-corrected chi connectivity index (χ2v) is 15.5. The van der Waals surface area contributed by atoms with Gasteiger partial charge in [-0.2, -0.15) is 0 Å². The van der Waals surface area contributed by atoms with E-state index in [4.69, 9.17) is 0 Å². The molecule has 2 aliphatic rings. The van der Waals surface area contributed by atoms with E-state index in [1.165, 1.54) is 10.8 Å². The summed E-state index contributed by atoms with van der Waals surface area (Å²) in [6.07, 6.45) is 0. The number of hydrogen-bond acceptors (Lipinski definition) is 0. The third-order valence-electron chi connectivity index (χ3n) is 3.32. The van der Waals surface area contributed by atoms with E-state index >= 15 is 0 Å². The molecular weight excluding hydrogens is 134 g/mol. The molecule has 0 unspecified atom stereocenters. The van der Waals surface area contributed by atoms with Crippen LogP contribution in [0, 0.1) is 0 Å². The van der Waals surface area contributed by atoms with Crippen molar-refractivity contribution in [3.8, 4) is 0 Å². The zero-order valence-corrected chi connectivity index (χ0v) is 8.15. The van der Waals surface area contributed by atoms with Crippen molar-refractivity contribution in [1.29, 1.82) is 0 Å². The fraction of sp³-hybridized carbons (Fsp3) is 1.00. The van der Waals surface area contributed by atoms with Crippen LogP contribution in [0.2, 0.25) is 0 Å². The van der Waals surface area contributed by atoms with E-state index in [9.17, 15) is 0 Å². The van der Waals surface area contributed by atoms with E-state index in [1.54, 1.807) is 0 Å². The topological polar surface area (TPSA) is 0 Å². The first-order chi connectivity index (χ1) is 3.49. The van der Waals surface area contributed by atoms with Gasteiger partial charge in [-0.15, -0.1) is 0 Å². The summed E-state index contributed by atoms with van der Waals surface area (Å²) in [5.41, 5.74) is 0. The summed E-state index contributed by atoms with van der Waals surface area (Å²) < 4.78 is 0. The normalized spacial score (nSPS) is 60.5. The van der Waals surface area contributed by atoms with Crippen LogP contribution in [-0.2, 0) is 0 Å². The van der Waals surface area contributed by atoms with E-state index in [0.29, 0.717) is 0 Å². The standard InChI is InChI=1S/C6H16P2/c1-7(2)5-6(7)8(5,3)4/h5-8H,1-4H3. The molecule has 2 saturated heterocycles. The molecule has 2 fully saturated rings. The van der Waals surface area contributed by atoms with Crippen LogP contribution in [0.25, 0.3) is 0 Å². The summed E-state index contributed by atoms with van der Waals surface area (Å²) in [4.78, 5) is 0. The minimum atomic E-state index is -0.441. The molecule has 2 aliphatic heterocycles. The molecule has 0 atom stereocenters. The third kappa shape index (κ3) is 0.381. The average molecular weight is 150 g/mol. The van der Waals surface area contributed by atoms with Gasteiger partial charge in [0.2, 0.25) is 0 Å². The monoisotopic (exact) mass is 150 g/mol. The summed E-state index contributed by atoms with van der Waals surface area (Å²) in [5, 5.41) is 2.71. The number of fused-ring (bicyclic) bond motifs is 1. The van der Waals surface area contributed by atoms with Crippen LogP contribution in [0.5, 0.6) is 0 Å². The van der Waals surface area contributed by atoms with Gasteiger partial charge in [0.1, 0.15) is 0 Å². The Morgan fingerprint density at radius 3 is 1.00 bits per heavy atom. The molecule has 0 nitrogen and oxygen atoms in total. The molecule has 0 aromatic rings. The Morgan fingerprint density at radius 1 is 0.750 bits per heavy atom. The van der Waals surface area contributed by atoms with Gasteiger partial charge in [-0.1, -0.05) is 0 Å². The van der Waals surface area contributed by atoms with E-state index in [-0.39, 0.29) is 0 Å². The van der Waals surface area contributed by atoms with Crippen molar-refractivity contribution < 1.29 is 0 Å². The van der Waals surface area contributed by atoms with Crippen LogP contribution < -0.4 is 0 Å². The summed E-state index contributed by atoms with van der Waals surface area (Å²) in [7, 11) is -0.882. The molecule has 0 radical (unpaired) electrons. The predicted octanol–water partition coefficient (Wildman–Crippen LogP) is 1.68.